The number of nitrogens with zero attached hydrogens (tertiary/aromatic N) is 1. The molecular weight excluding hydrogens is 442 g/mol. The van der Waals surface area contributed by atoms with Gasteiger partial charge in [0.15, 0.2) is 0 Å². The fourth-order valence-electron chi connectivity index (χ4n) is 3.82. The van der Waals surface area contributed by atoms with Gasteiger partial charge in [0.1, 0.15) is 17.1 Å². The van der Waals surface area contributed by atoms with Gasteiger partial charge in [-0.2, -0.15) is 0 Å². The second-order valence-electron chi connectivity index (χ2n) is 9.25. The summed E-state index contributed by atoms with van der Waals surface area (Å²) < 4.78 is 16.3. The molecule has 186 valence electrons. The summed E-state index contributed by atoms with van der Waals surface area (Å²) in [4.78, 5) is 38.8. The number of benzene rings is 1. The summed E-state index contributed by atoms with van der Waals surface area (Å²) in [5.74, 6) is -1.43. The molecule has 0 fully saturated rings. The Kier molecular flexibility index (Phi) is 8.02. The normalized spacial score (nSPS) is 18.1. The molecule has 1 atom stereocenters. The van der Waals surface area contributed by atoms with Crippen LogP contribution in [-0.4, -0.2) is 53.0 Å². The number of methoxy groups -OCH3 is 2. The van der Waals surface area contributed by atoms with E-state index in [1.165, 1.54) is 32.1 Å². The lowest BCUT2D eigenvalue weighted by Crippen LogP contribution is -2.40. The second kappa shape index (κ2) is 10.2. The van der Waals surface area contributed by atoms with Crippen LogP contribution in [0.15, 0.2) is 41.1 Å². The molecule has 2 N–H and O–H groups in total. The van der Waals surface area contributed by atoms with Crippen LogP contribution < -0.4 is 9.47 Å². The molecule has 0 aliphatic heterocycles. The minimum Gasteiger partial charge on any atom is -0.497 e. The Bertz CT molecular complexity index is 1030. The van der Waals surface area contributed by atoms with Crippen molar-refractivity contribution in [3.05, 3.63) is 46.7 Å². The molecule has 1 amide bonds. The molecule has 2 rings (SSSR count). The van der Waals surface area contributed by atoms with Crippen LogP contribution in [-0.2, 0) is 20.9 Å². The number of amides is 1. The van der Waals surface area contributed by atoms with Gasteiger partial charge in [-0.15, -0.1) is 0 Å². The largest absolute Gasteiger partial charge is 0.497 e. The standard InChI is InChI=1S/C25H33NO8/c1-8-16-11-19(18(21(27)28)13-25(16,5)22(29)30)26(23(31)34-24(2,3)4)14-15-9-10-17(32-6)12-20(15)33-7/h9-12H,8,13-14H2,1-7H3,(H,27,28)(H,29,30). The summed E-state index contributed by atoms with van der Waals surface area (Å²) in [7, 11) is 3.00. The van der Waals surface area contributed by atoms with Gasteiger partial charge >= 0.3 is 18.0 Å². The number of carbonyl (C=O) groups excluding carboxylic acids is 1. The summed E-state index contributed by atoms with van der Waals surface area (Å²) in [6, 6.07) is 5.07. The molecule has 9 nitrogen and oxygen atoms in total. The van der Waals surface area contributed by atoms with E-state index in [1.54, 1.807) is 45.9 Å². The van der Waals surface area contributed by atoms with Crippen LogP contribution in [0.25, 0.3) is 0 Å². The van der Waals surface area contributed by atoms with Crippen molar-refractivity contribution in [1.29, 1.82) is 0 Å². The van der Waals surface area contributed by atoms with E-state index < -0.39 is 29.0 Å². The Morgan fingerprint density at radius 1 is 1.12 bits per heavy atom. The summed E-state index contributed by atoms with van der Waals surface area (Å²) >= 11 is 0. The number of rotatable bonds is 8. The lowest BCUT2D eigenvalue weighted by Gasteiger charge is -2.36. The highest BCUT2D eigenvalue weighted by atomic mass is 16.6. The van der Waals surface area contributed by atoms with E-state index in [0.29, 0.717) is 29.1 Å². The van der Waals surface area contributed by atoms with E-state index in [0.717, 1.165) is 0 Å². The molecule has 0 spiro atoms. The molecule has 1 aromatic carbocycles. The Balaban J connectivity index is 2.70. The highest BCUT2D eigenvalue weighted by Gasteiger charge is 2.44. The molecule has 34 heavy (non-hydrogen) atoms. The lowest BCUT2D eigenvalue weighted by molar-refractivity contribution is -0.146. The first-order valence-corrected chi connectivity index (χ1v) is 10.9. The van der Waals surface area contributed by atoms with Crippen LogP contribution in [0.5, 0.6) is 11.5 Å². The van der Waals surface area contributed by atoms with E-state index >= 15 is 0 Å². The summed E-state index contributed by atoms with van der Waals surface area (Å²) in [6.45, 7) is 8.35. The quantitative estimate of drug-likeness (QED) is 0.559. The smallest absolute Gasteiger partial charge is 0.415 e. The predicted molar refractivity (Wildman–Crippen MR) is 125 cm³/mol. The van der Waals surface area contributed by atoms with Crippen LogP contribution >= 0.6 is 0 Å². The van der Waals surface area contributed by atoms with Crippen molar-refractivity contribution in [2.75, 3.05) is 14.2 Å². The van der Waals surface area contributed by atoms with Crippen LogP contribution in [0.3, 0.4) is 0 Å². The number of ether oxygens (including phenoxy) is 3. The van der Waals surface area contributed by atoms with Gasteiger partial charge in [-0.05, 0) is 52.3 Å². The average Bonchev–Trinajstić information content (AvgIpc) is 2.75. The zero-order valence-corrected chi connectivity index (χ0v) is 20.7. The summed E-state index contributed by atoms with van der Waals surface area (Å²) in [6.07, 6.45) is 0.824. The van der Waals surface area contributed by atoms with Crippen molar-refractivity contribution in [3.8, 4) is 11.5 Å². The zero-order valence-electron chi connectivity index (χ0n) is 20.7. The van der Waals surface area contributed by atoms with Crippen molar-refractivity contribution in [2.24, 2.45) is 5.41 Å². The molecule has 1 unspecified atom stereocenters. The maximum Gasteiger partial charge on any atom is 0.415 e. The van der Waals surface area contributed by atoms with Crippen molar-refractivity contribution in [2.45, 2.75) is 59.6 Å². The van der Waals surface area contributed by atoms with E-state index in [9.17, 15) is 24.6 Å². The lowest BCUT2D eigenvalue weighted by atomic mass is 9.71. The molecular formula is C25H33NO8. The van der Waals surface area contributed by atoms with E-state index in [-0.39, 0.29) is 24.2 Å². The number of allylic oxidation sites excluding steroid dienone is 1. The van der Waals surface area contributed by atoms with Gasteiger partial charge in [-0.3, -0.25) is 9.69 Å². The third-order valence-electron chi connectivity index (χ3n) is 5.70. The number of hydrogen-bond donors (Lipinski definition) is 2. The third-order valence-corrected chi connectivity index (χ3v) is 5.70. The maximum atomic E-state index is 13.3. The second-order valence-corrected chi connectivity index (χ2v) is 9.25. The van der Waals surface area contributed by atoms with Crippen molar-refractivity contribution in [1.82, 2.24) is 4.90 Å². The Morgan fingerprint density at radius 3 is 2.24 bits per heavy atom. The van der Waals surface area contributed by atoms with Gasteiger partial charge in [-0.1, -0.05) is 12.5 Å². The SMILES string of the molecule is CCC1=CC(N(Cc2ccc(OC)cc2OC)C(=O)OC(C)(C)C)=C(C(=O)O)CC1(C)C(=O)O. The van der Waals surface area contributed by atoms with Gasteiger partial charge < -0.3 is 24.4 Å². The first-order chi connectivity index (χ1) is 15.8. The monoisotopic (exact) mass is 475 g/mol. The van der Waals surface area contributed by atoms with Crippen molar-refractivity contribution >= 4 is 18.0 Å². The van der Waals surface area contributed by atoms with Crippen LogP contribution in [0, 0.1) is 5.41 Å². The van der Waals surface area contributed by atoms with Gasteiger partial charge in [0.25, 0.3) is 0 Å². The summed E-state index contributed by atoms with van der Waals surface area (Å²) in [5, 5.41) is 19.8. The number of carbonyl (C=O) groups is 3. The predicted octanol–water partition coefficient (Wildman–Crippen LogP) is 4.61. The van der Waals surface area contributed by atoms with Gasteiger partial charge in [0, 0.05) is 18.1 Å². The first kappa shape index (κ1) is 26.8. The third kappa shape index (κ3) is 5.70. The molecule has 0 heterocycles. The van der Waals surface area contributed by atoms with Crippen molar-refractivity contribution < 1.29 is 38.8 Å². The minimum absolute atomic E-state index is 0.0640. The van der Waals surface area contributed by atoms with E-state index in [4.69, 9.17) is 14.2 Å². The molecule has 0 saturated carbocycles. The Morgan fingerprint density at radius 2 is 1.76 bits per heavy atom. The molecule has 9 heteroatoms. The Hall–Kier alpha value is -3.49. The molecule has 1 aromatic rings. The fourth-order valence-corrected chi connectivity index (χ4v) is 3.82. The van der Waals surface area contributed by atoms with Crippen LogP contribution in [0.2, 0.25) is 0 Å². The van der Waals surface area contributed by atoms with Crippen LogP contribution in [0.4, 0.5) is 4.79 Å². The van der Waals surface area contributed by atoms with E-state index in [1.807, 2.05) is 0 Å². The van der Waals surface area contributed by atoms with Crippen LogP contribution in [0.1, 0.15) is 53.0 Å². The topological polar surface area (TPSA) is 123 Å². The van der Waals surface area contributed by atoms with E-state index in [2.05, 4.69) is 0 Å². The van der Waals surface area contributed by atoms with Gasteiger partial charge in [0.05, 0.1) is 37.4 Å². The van der Waals surface area contributed by atoms with Gasteiger partial charge in [-0.25, -0.2) is 9.59 Å². The highest BCUT2D eigenvalue weighted by Crippen LogP contribution is 2.43. The Labute approximate surface area is 199 Å². The molecule has 0 radical (unpaired) electrons. The average molecular weight is 476 g/mol. The number of hydrogen-bond acceptors (Lipinski definition) is 6. The highest BCUT2D eigenvalue weighted by molar-refractivity contribution is 5.93. The zero-order chi connectivity index (χ0) is 25.8. The fraction of sp³-hybridized carbons (Fsp3) is 0.480. The number of carboxylic acids is 2. The molecule has 0 aromatic heterocycles. The first-order valence-electron chi connectivity index (χ1n) is 10.9. The van der Waals surface area contributed by atoms with Gasteiger partial charge in [0.2, 0.25) is 0 Å². The molecule has 0 saturated heterocycles. The minimum atomic E-state index is -1.40. The number of carboxylic acid groups (broad SMARTS) is 2. The summed E-state index contributed by atoms with van der Waals surface area (Å²) in [5.41, 5.74) is -1.23. The van der Waals surface area contributed by atoms with Crippen molar-refractivity contribution in [3.63, 3.8) is 0 Å². The molecule has 0 bridgehead atoms. The molecule has 1 aliphatic rings. The maximum absolute atomic E-state index is 13.3. The number of aliphatic carboxylic acids is 2. The molecule has 1 aliphatic carbocycles.